The molecular formula is C25H26N2O3. The molecule has 2 amide bonds. The predicted octanol–water partition coefficient (Wildman–Crippen LogP) is 4.16. The molecule has 0 aromatic heterocycles. The molecule has 30 heavy (non-hydrogen) atoms. The molecule has 3 aromatic rings. The van der Waals surface area contributed by atoms with E-state index >= 15 is 0 Å². The van der Waals surface area contributed by atoms with Crippen LogP contribution < -0.4 is 10.1 Å². The van der Waals surface area contributed by atoms with Crippen LogP contribution in [-0.2, 0) is 11.3 Å². The molecule has 154 valence electrons. The molecule has 1 N–H and O–H groups in total. The van der Waals surface area contributed by atoms with Crippen LogP contribution >= 0.6 is 0 Å². The minimum Gasteiger partial charge on any atom is -0.483 e. The van der Waals surface area contributed by atoms with Crippen LogP contribution in [0.2, 0.25) is 0 Å². The molecule has 3 aromatic carbocycles. The van der Waals surface area contributed by atoms with Gasteiger partial charge in [-0.2, -0.15) is 0 Å². The van der Waals surface area contributed by atoms with Gasteiger partial charge in [0.1, 0.15) is 5.75 Å². The van der Waals surface area contributed by atoms with E-state index in [1.54, 1.807) is 4.90 Å². The molecule has 0 saturated heterocycles. The van der Waals surface area contributed by atoms with E-state index in [0.29, 0.717) is 24.4 Å². The summed E-state index contributed by atoms with van der Waals surface area (Å²) in [6, 6.07) is 21.8. The van der Waals surface area contributed by atoms with Crippen molar-refractivity contribution in [2.45, 2.75) is 32.4 Å². The summed E-state index contributed by atoms with van der Waals surface area (Å²) in [7, 11) is 0. The summed E-state index contributed by atoms with van der Waals surface area (Å²) in [4.78, 5) is 27.3. The fraction of sp³-hybridized carbons (Fsp3) is 0.280. The summed E-state index contributed by atoms with van der Waals surface area (Å²) >= 11 is 0. The highest BCUT2D eigenvalue weighted by Gasteiger charge is 2.24. The van der Waals surface area contributed by atoms with Crippen molar-refractivity contribution in [3.63, 3.8) is 0 Å². The third kappa shape index (κ3) is 4.79. The summed E-state index contributed by atoms with van der Waals surface area (Å²) in [6.45, 7) is 2.96. The average molecular weight is 402 g/mol. The number of amides is 2. The van der Waals surface area contributed by atoms with Crippen molar-refractivity contribution in [3.05, 3.63) is 77.9 Å². The zero-order chi connectivity index (χ0) is 20.9. The van der Waals surface area contributed by atoms with E-state index in [0.717, 1.165) is 29.2 Å². The second-order valence-corrected chi connectivity index (χ2v) is 7.63. The van der Waals surface area contributed by atoms with Crippen molar-refractivity contribution >= 4 is 22.6 Å². The van der Waals surface area contributed by atoms with Gasteiger partial charge in [0, 0.05) is 19.1 Å². The SMILES string of the molecule is CCN(Cc1ccccc1)C(=O)c1cc2ccccc2cc1OCC(=O)NC1CC1. The minimum atomic E-state index is -0.152. The highest BCUT2D eigenvalue weighted by Crippen LogP contribution is 2.28. The molecule has 1 aliphatic rings. The van der Waals surface area contributed by atoms with E-state index < -0.39 is 0 Å². The van der Waals surface area contributed by atoms with Crippen molar-refractivity contribution in [2.75, 3.05) is 13.2 Å². The van der Waals surface area contributed by atoms with Gasteiger partial charge in [-0.1, -0.05) is 54.6 Å². The first-order valence-electron chi connectivity index (χ1n) is 10.4. The number of rotatable bonds is 8. The highest BCUT2D eigenvalue weighted by atomic mass is 16.5. The van der Waals surface area contributed by atoms with Crippen LogP contribution in [0.3, 0.4) is 0 Å². The van der Waals surface area contributed by atoms with Crippen LogP contribution in [0.25, 0.3) is 10.8 Å². The number of hydrogen-bond acceptors (Lipinski definition) is 3. The van der Waals surface area contributed by atoms with E-state index in [9.17, 15) is 9.59 Å². The fourth-order valence-corrected chi connectivity index (χ4v) is 3.45. The van der Waals surface area contributed by atoms with Gasteiger partial charge in [0.25, 0.3) is 11.8 Å². The molecule has 1 fully saturated rings. The van der Waals surface area contributed by atoms with Gasteiger partial charge in [0.2, 0.25) is 0 Å². The number of ether oxygens (including phenoxy) is 1. The van der Waals surface area contributed by atoms with E-state index in [-0.39, 0.29) is 24.5 Å². The van der Waals surface area contributed by atoms with Gasteiger partial charge in [-0.15, -0.1) is 0 Å². The zero-order valence-electron chi connectivity index (χ0n) is 17.1. The van der Waals surface area contributed by atoms with Crippen LogP contribution in [0.1, 0.15) is 35.7 Å². The summed E-state index contributed by atoms with van der Waals surface area (Å²) in [6.07, 6.45) is 2.05. The molecule has 0 atom stereocenters. The second kappa shape index (κ2) is 8.99. The molecule has 4 rings (SSSR count). The molecule has 5 nitrogen and oxygen atoms in total. The Bertz CT molecular complexity index is 1040. The van der Waals surface area contributed by atoms with Crippen LogP contribution in [0.4, 0.5) is 0 Å². The first-order valence-corrected chi connectivity index (χ1v) is 10.4. The van der Waals surface area contributed by atoms with Crippen molar-refractivity contribution in [1.82, 2.24) is 10.2 Å². The van der Waals surface area contributed by atoms with Crippen LogP contribution in [0.15, 0.2) is 66.7 Å². The zero-order valence-corrected chi connectivity index (χ0v) is 17.1. The van der Waals surface area contributed by atoms with Crippen LogP contribution in [0.5, 0.6) is 5.75 Å². The summed E-state index contributed by atoms with van der Waals surface area (Å²) < 4.78 is 5.84. The molecule has 1 aliphatic carbocycles. The number of carbonyl (C=O) groups is 2. The summed E-state index contributed by atoms with van der Waals surface area (Å²) in [5, 5.41) is 4.85. The summed E-state index contributed by atoms with van der Waals surface area (Å²) in [5.74, 6) is 0.182. The first-order chi connectivity index (χ1) is 14.6. The van der Waals surface area contributed by atoms with Gasteiger partial charge in [-0.05, 0) is 48.2 Å². The maximum Gasteiger partial charge on any atom is 0.258 e. The molecule has 0 heterocycles. The molecule has 0 radical (unpaired) electrons. The number of hydrogen-bond donors (Lipinski definition) is 1. The smallest absolute Gasteiger partial charge is 0.258 e. The summed E-state index contributed by atoms with van der Waals surface area (Å²) in [5.41, 5.74) is 1.55. The Balaban J connectivity index is 1.60. The molecule has 5 heteroatoms. The lowest BCUT2D eigenvalue weighted by molar-refractivity contribution is -0.123. The Hall–Kier alpha value is -3.34. The predicted molar refractivity (Wildman–Crippen MR) is 117 cm³/mol. The van der Waals surface area contributed by atoms with Crippen molar-refractivity contribution in [3.8, 4) is 5.75 Å². The number of fused-ring (bicyclic) bond motifs is 1. The Morgan fingerprint density at radius 1 is 1.00 bits per heavy atom. The number of nitrogens with zero attached hydrogens (tertiary/aromatic N) is 1. The van der Waals surface area contributed by atoms with E-state index in [4.69, 9.17) is 4.74 Å². The Labute approximate surface area is 176 Å². The molecular weight excluding hydrogens is 376 g/mol. The second-order valence-electron chi connectivity index (χ2n) is 7.63. The average Bonchev–Trinajstić information content (AvgIpc) is 3.59. The quantitative estimate of drug-likeness (QED) is 0.616. The lowest BCUT2D eigenvalue weighted by Gasteiger charge is -2.23. The highest BCUT2D eigenvalue weighted by molar-refractivity contribution is 6.01. The Kier molecular flexibility index (Phi) is 5.98. The van der Waals surface area contributed by atoms with Crippen molar-refractivity contribution < 1.29 is 14.3 Å². The van der Waals surface area contributed by atoms with Gasteiger partial charge in [0.15, 0.2) is 6.61 Å². The van der Waals surface area contributed by atoms with Crippen molar-refractivity contribution in [1.29, 1.82) is 0 Å². The Morgan fingerprint density at radius 2 is 1.67 bits per heavy atom. The van der Waals surface area contributed by atoms with E-state index in [1.165, 1.54) is 0 Å². The van der Waals surface area contributed by atoms with Crippen molar-refractivity contribution in [2.24, 2.45) is 0 Å². The molecule has 0 bridgehead atoms. The molecule has 1 saturated carbocycles. The number of nitrogens with one attached hydrogen (secondary N) is 1. The van der Waals surface area contributed by atoms with Gasteiger partial charge < -0.3 is 15.0 Å². The van der Waals surface area contributed by atoms with Crippen LogP contribution in [0, 0.1) is 0 Å². The standard InChI is InChI=1S/C25H26N2O3/c1-2-27(16-18-8-4-3-5-9-18)25(29)22-14-19-10-6-7-11-20(19)15-23(22)30-17-24(28)26-21-12-13-21/h3-11,14-15,21H,2,12-13,16-17H2,1H3,(H,26,28). The van der Waals surface area contributed by atoms with Crippen LogP contribution in [-0.4, -0.2) is 35.9 Å². The third-order valence-electron chi connectivity index (χ3n) is 5.26. The topological polar surface area (TPSA) is 58.6 Å². The largest absolute Gasteiger partial charge is 0.483 e. The molecule has 0 unspecified atom stereocenters. The maximum atomic E-state index is 13.4. The first kappa shape index (κ1) is 20.0. The van der Waals surface area contributed by atoms with Gasteiger partial charge in [-0.25, -0.2) is 0 Å². The lowest BCUT2D eigenvalue weighted by atomic mass is 10.0. The van der Waals surface area contributed by atoms with E-state index in [1.807, 2.05) is 73.7 Å². The molecule has 0 spiro atoms. The third-order valence-corrected chi connectivity index (χ3v) is 5.26. The normalized spacial score (nSPS) is 13.1. The van der Waals surface area contributed by atoms with Gasteiger partial charge in [0.05, 0.1) is 5.56 Å². The number of benzene rings is 3. The minimum absolute atomic E-state index is 0.0973. The molecule has 0 aliphatic heterocycles. The lowest BCUT2D eigenvalue weighted by Crippen LogP contribution is -2.32. The number of carbonyl (C=O) groups excluding carboxylic acids is 2. The van der Waals surface area contributed by atoms with Gasteiger partial charge in [-0.3, -0.25) is 9.59 Å². The monoisotopic (exact) mass is 402 g/mol. The Morgan fingerprint density at radius 3 is 2.33 bits per heavy atom. The van der Waals surface area contributed by atoms with E-state index in [2.05, 4.69) is 5.32 Å². The maximum absolute atomic E-state index is 13.4. The fourth-order valence-electron chi connectivity index (χ4n) is 3.45. The van der Waals surface area contributed by atoms with Gasteiger partial charge >= 0.3 is 0 Å².